The Bertz CT molecular complexity index is 395. The Morgan fingerprint density at radius 1 is 1.10 bits per heavy atom. The Hall–Kier alpha value is -1.59. The van der Waals surface area contributed by atoms with Gasteiger partial charge in [0.05, 0.1) is 18.4 Å². The maximum absolute atomic E-state index is 12.7. The first-order valence-electron chi connectivity index (χ1n) is 7.60. The van der Waals surface area contributed by atoms with E-state index in [1.165, 1.54) is 9.80 Å². The van der Waals surface area contributed by atoms with Crippen molar-refractivity contribution in [1.82, 2.24) is 9.80 Å². The van der Waals surface area contributed by atoms with Gasteiger partial charge in [-0.05, 0) is 19.3 Å². The second-order valence-electron chi connectivity index (χ2n) is 5.88. The first-order valence-corrected chi connectivity index (χ1v) is 7.60. The first-order chi connectivity index (χ1) is 9.88. The number of rotatable bonds is 6. The quantitative estimate of drug-likeness (QED) is 0.799. The van der Waals surface area contributed by atoms with E-state index in [2.05, 4.69) is 0 Å². The molecule has 0 bridgehead atoms. The van der Waals surface area contributed by atoms with Gasteiger partial charge in [-0.25, -0.2) is 0 Å². The Labute approximate surface area is 126 Å². The molecule has 0 heterocycles. The summed E-state index contributed by atoms with van der Waals surface area (Å²) in [6.45, 7) is 2.46. The molecule has 1 saturated carbocycles. The third-order valence-corrected chi connectivity index (χ3v) is 4.03. The molecule has 0 aromatic rings. The molecule has 0 saturated heterocycles. The van der Waals surface area contributed by atoms with E-state index in [9.17, 15) is 19.5 Å². The lowest BCUT2D eigenvalue weighted by molar-refractivity contribution is -0.153. The van der Waals surface area contributed by atoms with Crippen LogP contribution >= 0.6 is 0 Å². The second-order valence-corrected chi connectivity index (χ2v) is 5.88. The average molecular weight is 298 g/mol. The fourth-order valence-electron chi connectivity index (χ4n) is 2.80. The van der Waals surface area contributed by atoms with Crippen molar-refractivity contribution < 1.29 is 19.5 Å². The molecule has 6 nitrogen and oxygen atoms in total. The van der Waals surface area contributed by atoms with E-state index < -0.39 is 17.8 Å². The van der Waals surface area contributed by atoms with Gasteiger partial charge in [-0.15, -0.1) is 0 Å². The van der Waals surface area contributed by atoms with Gasteiger partial charge in [-0.3, -0.25) is 14.4 Å². The fraction of sp³-hybridized carbons (Fsp3) is 0.800. The zero-order valence-corrected chi connectivity index (χ0v) is 13.2. The molecule has 120 valence electrons. The summed E-state index contributed by atoms with van der Waals surface area (Å²) in [4.78, 5) is 38.8. The number of amides is 2. The number of carboxylic acids is 1. The lowest BCUT2D eigenvalue weighted by Gasteiger charge is -2.32. The van der Waals surface area contributed by atoms with Crippen molar-refractivity contribution in [3.63, 3.8) is 0 Å². The van der Waals surface area contributed by atoms with Crippen LogP contribution in [-0.4, -0.2) is 59.9 Å². The average Bonchev–Trinajstić information content (AvgIpc) is 2.45. The second kappa shape index (κ2) is 8.00. The van der Waals surface area contributed by atoms with E-state index in [0.717, 1.165) is 19.3 Å². The van der Waals surface area contributed by atoms with Gasteiger partial charge in [0, 0.05) is 20.6 Å². The normalized spacial score (nSPS) is 21.7. The van der Waals surface area contributed by atoms with Crippen LogP contribution in [0.4, 0.5) is 0 Å². The minimum absolute atomic E-state index is 0.0303. The first kappa shape index (κ1) is 17.5. The highest BCUT2D eigenvalue weighted by atomic mass is 16.4. The zero-order valence-electron chi connectivity index (χ0n) is 13.2. The molecule has 0 aliphatic heterocycles. The minimum atomic E-state index is -0.900. The van der Waals surface area contributed by atoms with E-state index >= 15 is 0 Å². The smallest absolute Gasteiger partial charge is 0.307 e. The van der Waals surface area contributed by atoms with Gasteiger partial charge in [0.2, 0.25) is 11.8 Å². The summed E-state index contributed by atoms with van der Waals surface area (Å²) < 4.78 is 0. The number of hydrogen-bond donors (Lipinski definition) is 1. The summed E-state index contributed by atoms with van der Waals surface area (Å²) in [7, 11) is 3.30. The highest BCUT2D eigenvalue weighted by Gasteiger charge is 2.38. The largest absolute Gasteiger partial charge is 0.481 e. The number of nitrogens with zero attached hydrogens (tertiary/aromatic N) is 2. The molecule has 2 unspecified atom stereocenters. The van der Waals surface area contributed by atoms with Crippen LogP contribution in [0.25, 0.3) is 0 Å². The molecule has 1 rings (SSSR count). The molecule has 1 aliphatic carbocycles. The summed E-state index contributed by atoms with van der Waals surface area (Å²) in [5.41, 5.74) is 0. The zero-order chi connectivity index (χ0) is 16.0. The Morgan fingerprint density at radius 3 is 2.14 bits per heavy atom. The van der Waals surface area contributed by atoms with Crippen molar-refractivity contribution in [2.45, 2.75) is 39.0 Å². The fourth-order valence-corrected chi connectivity index (χ4v) is 2.80. The number of aliphatic carboxylic acids is 1. The minimum Gasteiger partial charge on any atom is -0.481 e. The molecule has 0 aromatic carbocycles. The summed E-state index contributed by atoms with van der Waals surface area (Å²) in [6, 6.07) is 0. The number of carboxylic acid groups (broad SMARTS) is 1. The lowest BCUT2D eigenvalue weighted by atomic mass is 9.78. The van der Waals surface area contributed by atoms with E-state index in [0.29, 0.717) is 19.4 Å². The van der Waals surface area contributed by atoms with Crippen molar-refractivity contribution in [2.75, 3.05) is 27.2 Å². The maximum atomic E-state index is 12.7. The van der Waals surface area contributed by atoms with Gasteiger partial charge in [0.15, 0.2) is 0 Å². The van der Waals surface area contributed by atoms with Crippen LogP contribution < -0.4 is 0 Å². The van der Waals surface area contributed by atoms with Crippen LogP contribution in [-0.2, 0) is 14.4 Å². The van der Waals surface area contributed by atoms with Crippen LogP contribution in [0.2, 0.25) is 0 Å². The van der Waals surface area contributed by atoms with E-state index in [1.807, 2.05) is 6.92 Å². The molecule has 1 fully saturated rings. The van der Waals surface area contributed by atoms with Crippen molar-refractivity contribution in [1.29, 1.82) is 0 Å². The SMILES string of the molecule is CCCN(CC(=O)N(C)C)C(=O)C1CCCCC1C(=O)O. The van der Waals surface area contributed by atoms with E-state index in [1.54, 1.807) is 14.1 Å². The molecule has 21 heavy (non-hydrogen) atoms. The van der Waals surface area contributed by atoms with Gasteiger partial charge >= 0.3 is 5.97 Å². The van der Waals surface area contributed by atoms with Gasteiger partial charge in [-0.1, -0.05) is 19.8 Å². The highest BCUT2D eigenvalue weighted by molar-refractivity contribution is 5.88. The van der Waals surface area contributed by atoms with Crippen LogP contribution in [0.5, 0.6) is 0 Å². The third-order valence-electron chi connectivity index (χ3n) is 4.03. The van der Waals surface area contributed by atoms with Crippen LogP contribution in [0.15, 0.2) is 0 Å². The molecule has 0 aromatic heterocycles. The van der Waals surface area contributed by atoms with Crippen molar-refractivity contribution in [3.8, 4) is 0 Å². The Balaban J connectivity index is 2.82. The predicted octanol–water partition coefficient (Wildman–Crippen LogP) is 1.20. The molecule has 2 amide bonds. The topological polar surface area (TPSA) is 77.9 Å². The number of carbonyl (C=O) groups excluding carboxylic acids is 2. The van der Waals surface area contributed by atoms with Crippen molar-refractivity contribution >= 4 is 17.8 Å². The van der Waals surface area contributed by atoms with Crippen molar-refractivity contribution in [2.24, 2.45) is 11.8 Å². The Morgan fingerprint density at radius 2 is 1.67 bits per heavy atom. The number of likely N-dealkylation sites (N-methyl/N-ethyl adjacent to an activating group) is 1. The summed E-state index contributed by atoms with van der Waals surface area (Å²) in [5, 5.41) is 9.29. The van der Waals surface area contributed by atoms with E-state index in [4.69, 9.17) is 0 Å². The van der Waals surface area contributed by atoms with Gasteiger partial charge in [0.25, 0.3) is 0 Å². The highest BCUT2D eigenvalue weighted by Crippen LogP contribution is 2.31. The number of carbonyl (C=O) groups is 3. The van der Waals surface area contributed by atoms with E-state index in [-0.39, 0.29) is 18.4 Å². The summed E-state index contributed by atoms with van der Waals surface area (Å²) >= 11 is 0. The van der Waals surface area contributed by atoms with Gasteiger partial charge < -0.3 is 14.9 Å². The number of hydrogen-bond acceptors (Lipinski definition) is 3. The molecular weight excluding hydrogens is 272 g/mol. The van der Waals surface area contributed by atoms with Gasteiger partial charge in [-0.2, -0.15) is 0 Å². The van der Waals surface area contributed by atoms with Crippen molar-refractivity contribution in [3.05, 3.63) is 0 Å². The molecule has 1 aliphatic rings. The third kappa shape index (κ3) is 4.72. The summed E-state index contributed by atoms with van der Waals surface area (Å²) in [5.74, 6) is -2.32. The maximum Gasteiger partial charge on any atom is 0.307 e. The molecule has 6 heteroatoms. The molecule has 0 spiro atoms. The van der Waals surface area contributed by atoms with Crippen LogP contribution in [0, 0.1) is 11.8 Å². The monoisotopic (exact) mass is 298 g/mol. The van der Waals surface area contributed by atoms with Crippen LogP contribution in [0.1, 0.15) is 39.0 Å². The summed E-state index contributed by atoms with van der Waals surface area (Å²) in [6.07, 6.45) is 3.63. The molecule has 0 radical (unpaired) electrons. The Kier molecular flexibility index (Phi) is 6.65. The van der Waals surface area contributed by atoms with Gasteiger partial charge in [0.1, 0.15) is 0 Å². The van der Waals surface area contributed by atoms with Crippen LogP contribution in [0.3, 0.4) is 0 Å². The molecule has 2 atom stereocenters. The molecular formula is C15H26N2O4. The standard InChI is InChI=1S/C15H26N2O4/c1-4-9-17(10-13(18)16(2)3)14(19)11-7-5-6-8-12(11)15(20)21/h11-12H,4-10H2,1-3H3,(H,20,21). The molecule has 1 N–H and O–H groups in total. The predicted molar refractivity (Wildman–Crippen MR) is 78.6 cm³/mol. The lowest BCUT2D eigenvalue weighted by Crippen LogP contribution is -2.46.